The zero-order chi connectivity index (χ0) is 20.5. The molecule has 28 heavy (non-hydrogen) atoms. The minimum Gasteiger partial charge on any atom is -0.490 e. The Hall–Kier alpha value is -1.93. The molecule has 0 unspecified atom stereocenters. The highest BCUT2D eigenvalue weighted by Gasteiger charge is 2.30. The lowest BCUT2D eigenvalue weighted by Crippen LogP contribution is -2.38. The summed E-state index contributed by atoms with van der Waals surface area (Å²) in [7, 11) is -3.54. The molecule has 1 heterocycles. The van der Waals surface area contributed by atoms with Crippen LogP contribution in [0.25, 0.3) is 0 Å². The first kappa shape index (κ1) is 22.4. The van der Waals surface area contributed by atoms with Gasteiger partial charge in [0.15, 0.2) is 0 Å². The SMILES string of the molecule is C=CCC(CC=C)(COc1ccccc1COS(C)(=O)=O)OCc1ccsc1. The van der Waals surface area contributed by atoms with Crippen molar-refractivity contribution in [1.82, 2.24) is 0 Å². The lowest BCUT2D eigenvalue weighted by Gasteiger charge is -2.32. The van der Waals surface area contributed by atoms with E-state index in [1.54, 1.807) is 35.6 Å². The Bertz CT molecular complexity index is 847. The van der Waals surface area contributed by atoms with Gasteiger partial charge in [0.1, 0.15) is 18.0 Å². The highest BCUT2D eigenvalue weighted by Crippen LogP contribution is 2.28. The average molecular weight is 423 g/mol. The largest absolute Gasteiger partial charge is 0.490 e. The third-order valence-corrected chi connectivity index (χ3v) is 5.33. The highest BCUT2D eigenvalue weighted by atomic mass is 32.2. The van der Waals surface area contributed by atoms with Crippen LogP contribution in [0, 0.1) is 0 Å². The van der Waals surface area contributed by atoms with E-state index < -0.39 is 15.7 Å². The molecule has 0 aliphatic rings. The second-order valence-corrected chi connectivity index (χ2v) is 8.88. The van der Waals surface area contributed by atoms with Crippen LogP contribution < -0.4 is 4.74 Å². The number of hydrogen-bond acceptors (Lipinski definition) is 6. The van der Waals surface area contributed by atoms with Crippen molar-refractivity contribution in [2.45, 2.75) is 31.7 Å². The van der Waals surface area contributed by atoms with Crippen molar-refractivity contribution in [1.29, 1.82) is 0 Å². The van der Waals surface area contributed by atoms with Crippen LogP contribution in [0.15, 0.2) is 66.4 Å². The maximum Gasteiger partial charge on any atom is 0.264 e. The van der Waals surface area contributed by atoms with Crippen LogP contribution in [0.3, 0.4) is 0 Å². The smallest absolute Gasteiger partial charge is 0.264 e. The Morgan fingerprint density at radius 3 is 2.43 bits per heavy atom. The molecule has 7 heteroatoms. The van der Waals surface area contributed by atoms with E-state index in [0.717, 1.165) is 11.8 Å². The standard InChI is InChI=1S/C21H26O5S2/c1-4-11-21(12-5-2,25-14-18-10-13-27-16-18)17-24-20-9-7-6-8-19(20)15-26-28(3,22)23/h4-10,13,16H,1-2,11-12,14-15,17H2,3H3. The van der Waals surface area contributed by atoms with Gasteiger partial charge in [0.25, 0.3) is 10.1 Å². The normalized spacial score (nSPS) is 11.9. The van der Waals surface area contributed by atoms with Crippen molar-refractivity contribution in [2.24, 2.45) is 0 Å². The first-order valence-corrected chi connectivity index (χ1v) is 11.6. The molecule has 1 aromatic carbocycles. The van der Waals surface area contributed by atoms with Crippen molar-refractivity contribution in [3.63, 3.8) is 0 Å². The summed E-state index contributed by atoms with van der Waals surface area (Å²) in [5, 5.41) is 4.06. The quantitative estimate of drug-likeness (QED) is 0.346. The molecule has 0 fully saturated rings. The summed E-state index contributed by atoms with van der Waals surface area (Å²) in [6, 6.07) is 9.22. The third-order valence-electron chi connectivity index (χ3n) is 4.05. The molecule has 5 nitrogen and oxygen atoms in total. The lowest BCUT2D eigenvalue weighted by atomic mass is 9.96. The molecule has 2 aromatic rings. The molecule has 1 aromatic heterocycles. The number of benzene rings is 1. The third kappa shape index (κ3) is 7.24. The highest BCUT2D eigenvalue weighted by molar-refractivity contribution is 7.85. The Morgan fingerprint density at radius 2 is 1.82 bits per heavy atom. The zero-order valence-corrected chi connectivity index (χ0v) is 17.6. The van der Waals surface area contributed by atoms with Gasteiger partial charge in [-0.3, -0.25) is 4.18 Å². The molecule has 0 bridgehead atoms. The average Bonchev–Trinajstić information content (AvgIpc) is 3.17. The molecule has 0 aliphatic heterocycles. The number of rotatable bonds is 13. The topological polar surface area (TPSA) is 61.8 Å². The first-order valence-electron chi connectivity index (χ1n) is 8.79. The number of hydrogen-bond donors (Lipinski definition) is 0. The van der Waals surface area contributed by atoms with Gasteiger partial charge >= 0.3 is 0 Å². The molecule has 0 aliphatic carbocycles. The maximum absolute atomic E-state index is 11.3. The van der Waals surface area contributed by atoms with Crippen LogP contribution in [0.4, 0.5) is 0 Å². The first-order chi connectivity index (χ1) is 13.4. The van der Waals surface area contributed by atoms with E-state index in [0.29, 0.717) is 30.8 Å². The van der Waals surface area contributed by atoms with Gasteiger partial charge in [0, 0.05) is 5.56 Å². The summed E-state index contributed by atoms with van der Waals surface area (Å²) in [6.07, 6.45) is 5.81. The van der Waals surface area contributed by atoms with Gasteiger partial charge in [-0.1, -0.05) is 30.4 Å². The van der Waals surface area contributed by atoms with Gasteiger partial charge in [0.2, 0.25) is 0 Å². The molecule has 0 radical (unpaired) electrons. The van der Waals surface area contributed by atoms with E-state index in [-0.39, 0.29) is 13.2 Å². The fourth-order valence-electron chi connectivity index (χ4n) is 2.64. The Labute approximate surface area is 171 Å². The molecular weight excluding hydrogens is 396 g/mol. The van der Waals surface area contributed by atoms with Crippen LogP contribution in [0.5, 0.6) is 5.75 Å². The minimum absolute atomic E-state index is 0.0827. The van der Waals surface area contributed by atoms with Crippen molar-refractivity contribution < 1.29 is 22.1 Å². The van der Waals surface area contributed by atoms with Crippen LogP contribution in [-0.4, -0.2) is 26.9 Å². The molecule has 0 spiro atoms. The molecule has 0 atom stereocenters. The van der Waals surface area contributed by atoms with Crippen LogP contribution in [0.1, 0.15) is 24.0 Å². The Kier molecular flexibility index (Phi) is 8.44. The molecule has 0 amide bonds. The number of thiophene rings is 1. The second-order valence-electron chi connectivity index (χ2n) is 6.45. The summed E-state index contributed by atoms with van der Waals surface area (Å²) in [6.45, 7) is 8.35. The van der Waals surface area contributed by atoms with Crippen molar-refractivity contribution in [3.05, 3.63) is 77.5 Å². The van der Waals surface area contributed by atoms with Crippen molar-refractivity contribution in [3.8, 4) is 5.75 Å². The fraction of sp³-hybridized carbons (Fsp3) is 0.333. The molecule has 0 saturated heterocycles. The monoisotopic (exact) mass is 422 g/mol. The predicted octanol–water partition coefficient (Wildman–Crippen LogP) is 4.71. The summed E-state index contributed by atoms with van der Waals surface area (Å²) in [5.74, 6) is 0.558. The van der Waals surface area contributed by atoms with Crippen molar-refractivity contribution >= 4 is 21.5 Å². The Morgan fingerprint density at radius 1 is 1.11 bits per heavy atom. The summed E-state index contributed by atoms with van der Waals surface area (Å²) in [5.41, 5.74) is 1.14. The van der Waals surface area contributed by atoms with Crippen LogP contribution in [0.2, 0.25) is 0 Å². The molecule has 0 saturated carbocycles. The Balaban J connectivity index is 2.13. The van der Waals surface area contributed by atoms with Crippen LogP contribution in [-0.2, 0) is 32.3 Å². The zero-order valence-electron chi connectivity index (χ0n) is 16.0. The summed E-state index contributed by atoms with van der Waals surface area (Å²) < 4.78 is 39.8. The number of para-hydroxylation sites is 1. The van der Waals surface area contributed by atoms with Gasteiger partial charge in [-0.25, -0.2) is 0 Å². The molecular formula is C21H26O5S2. The fourth-order valence-corrected chi connectivity index (χ4v) is 3.64. The maximum atomic E-state index is 11.3. The van der Waals surface area contributed by atoms with E-state index in [9.17, 15) is 8.42 Å². The van der Waals surface area contributed by atoms with Crippen LogP contribution >= 0.6 is 11.3 Å². The summed E-state index contributed by atoms with van der Waals surface area (Å²) >= 11 is 1.62. The van der Waals surface area contributed by atoms with E-state index >= 15 is 0 Å². The molecule has 2 rings (SSSR count). The van der Waals surface area contributed by atoms with Crippen molar-refractivity contribution in [2.75, 3.05) is 12.9 Å². The predicted molar refractivity (Wildman–Crippen MR) is 113 cm³/mol. The van der Waals surface area contributed by atoms with E-state index in [1.165, 1.54) is 0 Å². The molecule has 152 valence electrons. The van der Waals surface area contributed by atoms with Gasteiger partial charge in [-0.15, -0.1) is 13.2 Å². The minimum atomic E-state index is -3.54. The summed E-state index contributed by atoms with van der Waals surface area (Å²) in [4.78, 5) is 0. The lowest BCUT2D eigenvalue weighted by molar-refractivity contribution is -0.0791. The van der Waals surface area contributed by atoms with E-state index in [4.69, 9.17) is 13.7 Å². The van der Waals surface area contributed by atoms with E-state index in [1.807, 2.05) is 29.0 Å². The van der Waals surface area contributed by atoms with Gasteiger partial charge < -0.3 is 9.47 Å². The van der Waals surface area contributed by atoms with Gasteiger partial charge in [-0.05, 0) is 41.3 Å². The number of ether oxygens (including phenoxy) is 2. The van der Waals surface area contributed by atoms with Gasteiger partial charge in [-0.2, -0.15) is 19.8 Å². The molecule has 0 N–H and O–H groups in total. The van der Waals surface area contributed by atoms with Gasteiger partial charge in [0.05, 0.1) is 19.5 Å². The van der Waals surface area contributed by atoms with E-state index in [2.05, 4.69) is 13.2 Å². The second kappa shape index (κ2) is 10.6.